The van der Waals surface area contributed by atoms with E-state index in [0.717, 1.165) is 18.5 Å². The van der Waals surface area contributed by atoms with E-state index in [1.807, 2.05) is 12.1 Å². The first-order chi connectivity index (χ1) is 8.33. The van der Waals surface area contributed by atoms with Crippen LogP contribution in [0.4, 0.5) is 5.69 Å². The van der Waals surface area contributed by atoms with Gasteiger partial charge in [-0.1, -0.05) is 49.4 Å². The molecule has 2 aromatic rings. The smallest absolute Gasteiger partial charge is 0.0419 e. The summed E-state index contributed by atoms with van der Waals surface area (Å²) in [6.07, 6.45) is 1.13. The van der Waals surface area contributed by atoms with E-state index in [1.165, 1.54) is 16.8 Å². The molecule has 0 aliphatic carbocycles. The molecule has 0 amide bonds. The van der Waals surface area contributed by atoms with Crippen molar-refractivity contribution in [2.45, 2.75) is 13.3 Å². The van der Waals surface area contributed by atoms with Crippen LogP contribution in [0.25, 0.3) is 11.1 Å². The number of anilines is 1. The summed E-state index contributed by atoms with van der Waals surface area (Å²) >= 11 is 0. The number of nitrogens with one attached hydrogen (secondary N) is 1. The molecule has 0 aliphatic rings. The number of rotatable bonds is 4. The van der Waals surface area contributed by atoms with Crippen molar-refractivity contribution in [1.82, 2.24) is 0 Å². The number of hydrogen-bond donors (Lipinski definition) is 1. The highest BCUT2D eigenvalue weighted by Gasteiger charge is 2.05. The molecule has 2 aromatic carbocycles. The van der Waals surface area contributed by atoms with E-state index in [2.05, 4.69) is 55.6 Å². The highest BCUT2D eigenvalue weighted by molar-refractivity contribution is 5.80. The average molecular weight is 224 g/mol. The van der Waals surface area contributed by atoms with Crippen LogP contribution >= 0.6 is 0 Å². The van der Waals surface area contributed by atoms with Gasteiger partial charge < -0.3 is 5.32 Å². The molecular weight excluding hydrogens is 206 g/mol. The molecule has 1 N–H and O–H groups in total. The molecule has 1 nitrogen and oxygen atoms in total. The van der Waals surface area contributed by atoms with Crippen molar-refractivity contribution in [3.05, 3.63) is 61.0 Å². The molecule has 0 saturated heterocycles. The van der Waals surface area contributed by atoms with Crippen LogP contribution in [0.1, 0.15) is 18.9 Å². The van der Waals surface area contributed by atoms with Gasteiger partial charge in [0.2, 0.25) is 0 Å². The third-order valence-corrected chi connectivity index (χ3v) is 2.80. The van der Waals surface area contributed by atoms with Crippen LogP contribution in [0.3, 0.4) is 0 Å². The van der Waals surface area contributed by atoms with Crippen LogP contribution in [0.2, 0.25) is 0 Å². The van der Waals surface area contributed by atoms with Gasteiger partial charge in [-0.2, -0.15) is 0 Å². The number of hydrogen-bond acceptors (Lipinski definition) is 1. The lowest BCUT2D eigenvalue weighted by Gasteiger charge is -2.13. The fourth-order valence-electron chi connectivity index (χ4n) is 1.91. The SMILES string of the molecule is [CH2]c1ccccc1-c1ccccc1NCCC. The van der Waals surface area contributed by atoms with Gasteiger partial charge in [-0.15, -0.1) is 0 Å². The van der Waals surface area contributed by atoms with Gasteiger partial charge in [0.1, 0.15) is 0 Å². The predicted octanol–water partition coefficient (Wildman–Crippen LogP) is 4.36. The Bertz CT molecular complexity index is 488. The first-order valence-corrected chi connectivity index (χ1v) is 6.07. The van der Waals surface area contributed by atoms with E-state index in [-0.39, 0.29) is 0 Å². The second kappa shape index (κ2) is 5.53. The minimum absolute atomic E-state index is 0.996. The normalized spacial score (nSPS) is 10.2. The van der Waals surface area contributed by atoms with Gasteiger partial charge in [-0.25, -0.2) is 0 Å². The van der Waals surface area contributed by atoms with Crippen LogP contribution in [-0.2, 0) is 0 Å². The maximum absolute atomic E-state index is 4.09. The number of para-hydroxylation sites is 1. The van der Waals surface area contributed by atoms with Crippen LogP contribution in [0, 0.1) is 6.92 Å². The largest absolute Gasteiger partial charge is 0.385 e. The summed E-state index contributed by atoms with van der Waals surface area (Å²) in [7, 11) is 0. The van der Waals surface area contributed by atoms with Crippen LogP contribution in [0.5, 0.6) is 0 Å². The Kier molecular flexibility index (Phi) is 3.81. The van der Waals surface area contributed by atoms with Gasteiger partial charge in [-0.05, 0) is 30.5 Å². The zero-order chi connectivity index (χ0) is 12.1. The Morgan fingerprint density at radius 3 is 2.29 bits per heavy atom. The molecule has 0 saturated carbocycles. The fraction of sp³-hybridized carbons (Fsp3) is 0.188. The van der Waals surface area contributed by atoms with E-state index in [4.69, 9.17) is 0 Å². The zero-order valence-corrected chi connectivity index (χ0v) is 10.2. The van der Waals surface area contributed by atoms with E-state index in [1.54, 1.807) is 0 Å². The lowest BCUT2D eigenvalue weighted by Crippen LogP contribution is -2.01. The molecule has 0 fully saturated rings. The topological polar surface area (TPSA) is 12.0 Å². The Labute approximate surface area is 103 Å². The van der Waals surface area contributed by atoms with Gasteiger partial charge in [0.05, 0.1) is 0 Å². The van der Waals surface area contributed by atoms with E-state index in [9.17, 15) is 0 Å². The van der Waals surface area contributed by atoms with Gasteiger partial charge in [0.15, 0.2) is 0 Å². The molecule has 1 heteroatoms. The second-order valence-corrected chi connectivity index (χ2v) is 4.13. The summed E-state index contributed by atoms with van der Waals surface area (Å²) in [6, 6.07) is 16.6. The molecular formula is C16H18N. The van der Waals surface area contributed by atoms with Crippen molar-refractivity contribution in [1.29, 1.82) is 0 Å². The molecule has 0 aromatic heterocycles. The van der Waals surface area contributed by atoms with E-state index in [0.29, 0.717) is 0 Å². The fourth-order valence-corrected chi connectivity index (χ4v) is 1.91. The summed E-state index contributed by atoms with van der Waals surface area (Å²) in [5.74, 6) is 0. The number of benzene rings is 2. The third kappa shape index (κ3) is 2.68. The van der Waals surface area contributed by atoms with E-state index >= 15 is 0 Å². The standard InChI is InChI=1S/C16H18N/c1-3-12-17-16-11-7-6-10-15(16)14-9-5-4-8-13(14)2/h4-11,17H,2-3,12H2,1H3. The molecule has 0 unspecified atom stereocenters. The minimum atomic E-state index is 0.996. The molecule has 87 valence electrons. The van der Waals surface area contributed by atoms with Crippen molar-refractivity contribution in [2.24, 2.45) is 0 Å². The Morgan fingerprint density at radius 2 is 1.59 bits per heavy atom. The van der Waals surface area contributed by atoms with Gasteiger partial charge >= 0.3 is 0 Å². The molecule has 0 heterocycles. The van der Waals surface area contributed by atoms with Gasteiger partial charge in [0, 0.05) is 17.8 Å². The van der Waals surface area contributed by atoms with E-state index < -0.39 is 0 Å². The first-order valence-electron chi connectivity index (χ1n) is 6.07. The molecule has 0 atom stereocenters. The van der Waals surface area contributed by atoms with Crippen LogP contribution in [-0.4, -0.2) is 6.54 Å². The maximum Gasteiger partial charge on any atom is 0.0419 e. The average Bonchev–Trinajstić information content (AvgIpc) is 2.37. The van der Waals surface area contributed by atoms with Crippen LogP contribution in [0.15, 0.2) is 48.5 Å². The molecule has 2 rings (SSSR count). The lowest BCUT2D eigenvalue weighted by molar-refractivity contribution is 0.980. The maximum atomic E-state index is 4.09. The zero-order valence-electron chi connectivity index (χ0n) is 10.2. The van der Waals surface area contributed by atoms with Crippen molar-refractivity contribution in [3.63, 3.8) is 0 Å². The first kappa shape index (κ1) is 11.7. The summed E-state index contributed by atoms with van der Waals surface area (Å²) in [6.45, 7) is 7.26. The van der Waals surface area contributed by atoms with Crippen molar-refractivity contribution in [3.8, 4) is 11.1 Å². The Hall–Kier alpha value is -1.76. The predicted molar refractivity (Wildman–Crippen MR) is 75.1 cm³/mol. The van der Waals surface area contributed by atoms with Gasteiger partial charge in [-0.3, -0.25) is 0 Å². The highest BCUT2D eigenvalue weighted by atomic mass is 14.9. The van der Waals surface area contributed by atoms with Crippen molar-refractivity contribution in [2.75, 3.05) is 11.9 Å². The quantitative estimate of drug-likeness (QED) is 0.813. The third-order valence-electron chi connectivity index (χ3n) is 2.80. The molecule has 0 spiro atoms. The molecule has 17 heavy (non-hydrogen) atoms. The van der Waals surface area contributed by atoms with Crippen molar-refractivity contribution < 1.29 is 0 Å². The van der Waals surface area contributed by atoms with Crippen LogP contribution < -0.4 is 5.32 Å². The summed E-state index contributed by atoms with van der Waals surface area (Å²) in [5.41, 5.74) is 4.68. The molecule has 1 radical (unpaired) electrons. The molecule has 0 aliphatic heterocycles. The van der Waals surface area contributed by atoms with Gasteiger partial charge in [0.25, 0.3) is 0 Å². The summed E-state index contributed by atoms with van der Waals surface area (Å²) < 4.78 is 0. The monoisotopic (exact) mass is 224 g/mol. The lowest BCUT2D eigenvalue weighted by atomic mass is 9.99. The summed E-state index contributed by atoms with van der Waals surface area (Å²) in [5, 5.41) is 3.46. The summed E-state index contributed by atoms with van der Waals surface area (Å²) in [4.78, 5) is 0. The Balaban J connectivity index is 2.41. The van der Waals surface area contributed by atoms with Crippen molar-refractivity contribution >= 4 is 5.69 Å². The Morgan fingerprint density at radius 1 is 0.941 bits per heavy atom. The minimum Gasteiger partial charge on any atom is -0.385 e. The second-order valence-electron chi connectivity index (χ2n) is 4.13. The molecule has 0 bridgehead atoms. The highest BCUT2D eigenvalue weighted by Crippen LogP contribution is 2.29.